The van der Waals surface area contributed by atoms with Gasteiger partial charge in [-0.25, -0.2) is 4.99 Å². The van der Waals surface area contributed by atoms with Crippen LogP contribution in [0.3, 0.4) is 0 Å². The normalized spacial score (nSPS) is 13.1. The number of fused-ring (bicyclic) bond motifs is 2. The molecule has 0 saturated heterocycles. The fourth-order valence-corrected chi connectivity index (χ4v) is 1.69. The van der Waals surface area contributed by atoms with Crippen LogP contribution in [-0.2, 0) is 0 Å². The predicted molar refractivity (Wildman–Crippen MR) is 61.5 cm³/mol. The summed E-state index contributed by atoms with van der Waals surface area (Å²) in [5, 5.41) is 8.26. The number of aliphatic imine (C=N–C) groups is 1. The molecule has 6 nitrogen and oxygen atoms in total. The van der Waals surface area contributed by atoms with Crippen LogP contribution >= 0.6 is 0 Å². The SMILES string of the molecule is NC1=Nc2ccccc2Nc2[nH][nH]c(=O)c21. The number of H-pyrrole nitrogens is 2. The Balaban J connectivity index is 2.30. The van der Waals surface area contributed by atoms with E-state index < -0.39 is 0 Å². The number of hydrogen-bond donors (Lipinski definition) is 4. The number of nitrogens with one attached hydrogen (secondary N) is 3. The van der Waals surface area contributed by atoms with Gasteiger partial charge in [0.1, 0.15) is 17.2 Å². The molecule has 3 rings (SSSR count). The van der Waals surface area contributed by atoms with Gasteiger partial charge in [-0.3, -0.25) is 15.0 Å². The van der Waals surface area contributed by atoms with Crippen LogP contribution in [0, 0.1) is 0 Å². The summed E-state index contributed by atoms with van der Waals surface area (Å²) in [4.78, 5) is 15.7. The van der Waals surface area contributed by atoms with Gasteiger partial charge in [-0.05, 0) is 12.1 Å². The minimum atomic E-state index is -0.281. The fraction of sp³-hybridized carbons (Fsp3) is 0. The molecule has 0 aliphatic carbocycles. The monoisotopic (exact) mass is 215 g/mol. The highest BCUT2D eigenvalue weighted by molar-refractivity contribution is 6.05. The van der Waals surface area contributed by atoms with Crippen molar-refractivity contribution in [3.63, 3.8) is 0 Å². The largest absolute Gasteiger partial charge is 0.383 e. The van der Waals surface area contributed by atoms with Gasteiger partial charge in [0.2, 0.25) is 0 Å². The number of anilines is 2. The molecule has 0 fully saturated rings. The molecule has 0 unspecified atom stereocenters. The van der Waals surface area contributed by atoms with Gasteiger partial charge in [-0.15, -0.1) is 0 Å². The Morgan fingerprint density at radius 2 is 2.00 bits per heavy atom. The van der Waals surface area contributed by atoms with Gasteiger partial charge in [0.15, 0.2) is 0 Å². The van der Waals surface area contributed by atoms with Crippen LogP contribution in [0.15, 0.2) is 34.1 Å². The van der Waals surface area contributed by atoms with Gasteiger partial charge in [0, 0.05) is 0 Å². The van der Waals surface area contributed by atoms with E-state index in [9.17, 15) is 4.79 Å². The summed E-state index contributed by atoms with van der Waals surface area (Å²) < 4.78 is 0. The lowest BCUT2D eigenvalue weighted by Gasteiger charge is -2.03. The maximum Gasteiger partial charge on any atom is 0.277 e. The number of nitrogens with two attached hydrogens (primary N) is 1. The molecule has 0 atom stereocenters. The first-order valence-corrected chi connectivity index (χ1v) is 4.77. The molecule has 1 aromatic heterocycles. The van der Waals surface area contributed by atoms with Crippen molar-refractivity contribution in [2.45, 2.75) is 0 Å². The average Bonchev–Trinajstić information content (AvgIpc) is 2.56. The third-order valence-electron chi connectivity index (χ3n) is 2.44. The van der Waals surface area contributed by atoms with Crippen LogP contribution in [0.4, 0.5) is 17.2 Å². The molecule has 0 bridgehead atoms. The van der Waals surface area contributed by atoms with Gasteiger partial charge >= 0.3 is 0 Å². The van der Waals surface area contributed by atoms with Gasteiger partial charge < -0.3 is 11.1 Å². The molecule has 16 heavy (non-hydrogen) atoms. The molecule has 2 aromatic rings. The van der Waals surface area contributed by atoms with Crippen LogP contribution in [0.1, 0.15) is 5.56 Å². The zero-order valence-electron chi connectivity index (χ0n) is 8.24. The first-order valence-electron chi connectivity index (χ1n) is 4.77. The topological polar surface area (TPSA) is 99.1 Å². The number of hydrogen-bond acceptors (Lipinski definition) is 4. The first-order chi connectivity index (χ1) is 7.75. The zero-order valence-corrected chi connectivity index (χ0v) is 8.24. The van der Waals surface area contributed by atoms with Crippen molar-refractivity contribution in [2.24, 2.45) is 10.7 Å². The van der Waals surface area contributed by atoms with E-state index >= 15 is 0 Å². The van der Waals surface area contributed by atoms with E-state index in [2.05, 4.69) is 20.5 Å². The number of benzene rings is 1. The highest BCUT2D eigenvalue weighted by atomic mass is 16.1. The Kier molecular flexibility index (Phi) is 1.64. The van der Waals surface area contributed by atoms with Gasteiger partial charge in [-0.1, -0.05) is 12.1 Å². The van der Waals surface area contributed by atoms with Crippen molar-refractivity contribution >= 4 is 23.0 Å². The van der Waals surface area contributed by atoms with Crippen LogP contribution in [0.25, 0.3) is 0 Å². The summed E-state index contributed by atoms with van der Waals surface area (Å²) >= 11 is 0. The van der Waals surface area contributed by atoms with Gasteiger partial charge in [0.25, 0.3) is 5.56 Å². The van der Waals surface area contributed by atoms with E-state index in [-0.39, 0.29) is 11.4 Å². The molecule has 1 aliphatic rings. The Bertz CT molecular complexity index is 637. The lowest BCUT2D eigenvalue weighted by molar-refractivity contribution is 1.06. The van der Waals surface area contributed by atoms with E-state index in [4.69, 9.17) is 5.73 Å². The summed E-state index contributed by atoms with van der Waals surface area (Å²) in [6.45, 7) is 0. The van der Waals surface area contributed by atoms with E-state index in [1.54, 1.807) is 0 Å². The van der Waals surface area contributed by atoms with Crippen LogP contribution in [0.5, 0.6) is 0 Å². The highest BCUT2D eigenvalue weighted by Gasteiger charge is 2.18. The van der Waals surface area contributed by atoms with Gasteiger partial charge in [-0.2, -0.15) is 0 Å². The summed E-state index contributed by atoms with van der Waals surface area (Å²) in [5.74, 6) is 0.742. The molecule has 0 amide bonds. The quantitative estimate of drug-likeness (QED) is 0.523. The second-order valence-electron chi connectivity index (χ2n) is 3.47. The maximum absolute atomic E-state index is 11.5. The minimum absolute atomic E-state index is 0.204. The summed E-state index contributed by atoms with van der Waals surface area (Å²) in [7, 11) is 0. The van der Waals surface area contributed by atoms with Gasteiger partial charge in [0.05, 0.1) is 11.4 Å². The molecule has 1 aliphatic heterocycles. The Labute approximate surface area is 90.2 Å². The Morgan fingerprint density at radius 1 is 1.19 bits per heavy atom. The van der Waals surface area contributed by atoms with Crippen molar-refractivity contribution in [1.29, 1.82) is 0 Å². The third kappa shape index (κ3) is 1.13. The van der Waals surface area contributed by atoms with Crippen molar-refractivity contribution in [3.8, 4) is 0 Å². The Morgan fingerprint density at radius 3 is 2.88 bits per heavy atom. The summed E-state index contributed by atoms with van der Waals surface area (Å²) in [6, 6.07) is 7.44. The molecule has 2 heterocycles. The van der Waals surface area contributed by atoms with Crippen molar-refractivity contribution in [2.75, 3.05) is 5.32 Å². The molecule has 0 radical (unpaired) electrons. The van der Waals surface area contributed by atoms with Crippen molar-refractivity contribution in [3.05, 3.63) is 40.2 Å². The van der Waals surface area contributed by atoms with E-state index in [1.807, 2.05) is 24.3 Å². The number of aromatic amines is 2. The predicted octanol–water partition coefficient (Wildman–Crippen LogP) is 0.797. The lowest BCUT2D eigenvalue weighted by Crippen LogP contribution is -2.20. The van der Waals surface area contributed by atoms with E-state index in [1.165, 1.54) is 0 Å². The number of aromatic nitrogens is 2. The van der Waals surface area contributed by atoms with E-state index in [0.717, 1.165) is 5.69 Å². The summed E-state index contributed by atoms with van der Waals surface area (Å²) in [5.41, 5.74) is 7.36. The molecular formula is C10H9N5O. The number of amidine groups is 1. The smallest absolute Gasteiger partial charge is 0.277 e. The molecule has 0 spiro atoms. The Hall–Kier alpha value is -2.50. The maximum atomic E-state index is 11.5. The highest BCUT2D eigenvalue weighted by Crippen LogP contribution is 2.30. The second-order valence-corrected chi connectivity index (χ2v) is 3.47. The fourth-order valence-electron chi connectivity index (χ4n) is 1.69. The van der Waals surface area contributed by atoms with Crippen LogP contribution in [0.2, 0.25) is 0 Å². The molecule has 1 aromatic carbocycles. The van der Waals surface area contributed by atoms with Crippen LogP contribution < -0.4 is 16.6 Å². The molecule has 5 N–H and O–H groups in total. The average molecular weight is 215 g/mol. The second kappa shape index (κ2) is 2.99. The standard InChI is InChI=1S/C10H9N5O/c11-8-7-9(14-15-10(7)16)13-6-4-2-1-3-5(6)12-8/h1-4H,(H2,11,12)(H3,13,14,15,16). The van der Waals surface area contributed by atoms with Crippen molar-refractivity contribution in [1.82, 2.24) is 10.2 Å². The zero-order chi connectivity index (χ0) is 11.1. The number of rotatable bonds is 0. The number of nitrogens with zero attached hydrogens (tertiary/aromatic N) is 1. The molecular weight excluding hydrogens is 206 g/mol. The van der Waals surface area contributed by atoms with Crippen molar-refractivity contribution < 1.29 is 0 Å². The summed E-state index contributed by atoms with van der Waals surface area (Å²) in [6.07, 6.45) is 0. The third-order valence-corrected chi connectivity index (χ3v) is 2.44. The molecule has 80 valence electrons. The number of para-hydroxylation sites is 2. The van der Waals surface area contributed by atoms with Crippen LogP contribution in [-0.4, -0.2) is 16.0 Å². The molecule has 6 heteroatoms. The first kappa shape index (κ1) is 8.78. The lowest BCUT2D eigenvalue weighted by atomic mass is 10.3. The van der Waals surface area contributed by atoms with E-state index in [0.29, 0.717) is 17.1 Å². The molecule has 0 saturated carbocycles. The minimum Gasteiger partial charge on any atom is -0.383 e.